The highest BCUT2D eigenvalue weighted by molar-refractivity contribution is 7.80. The molecule has 1 fully saturated rings. The molecule has 3 N–H and O–H groups in total. The lowest BCUT2D eigenvalue weighted by molar-refractivity contribution is -0.116. The Bertz CT molecular complexity index is 1560. The molecule has 2 aromatic carbocycles. The maximum atomic E-state index is 13.0. The predicted octanol–water partition coefficient (Wildman–Crippen LogP) is 5.86. The van der Waals surface area contributed by atoms with E-state index in [0.29, 0.717) is 33.8 Å². The van der Waals surface area contributed by atoms with Gasteiger partial charge in [-0.2, -0.15) is 0 Å². The molecule has 2 atom stereocenters. The van der Waals surface area contributed by atoms with Crippen LogP contribution in [0.15, 0.2) is 72.9 Å². The lowest BCUT2D eigenvalue weighted by atomic mass is 9.96. The monoisotopic (exact) mass is 575 g/mol. The molecule has 0 unspecified atom stereocenters. The van der Waals surface area contributed by atoms with Crippen molar-refractivity contribution in [2.75, 3.05) is 19.0 Å². The van der Waals surface area contributed by atoms with Gasteiger partial charge >= 0.3 is 0 Å². The first-order valence-corrected chi connectivity index (χ1v) is 13.7. The number of carbonyl (C=O) groups excluding carboxylic acids is 1. The molecule has 8 nitrogen and oxygen atoms in total. The summed E-state index contributed by atoms with van der Waals surface area (Å²) in [5, 5.41) is 18.1. The zero-order chi connectivity index (χ0) is 28.4. The highest BCUT2D eigenvalue weighted by Gasteiger charge is 2.41. The Kier molecular flexibility index (Phi) is 7.95. The Hall–Kier alpha value is -4.08. The Labute approximate surface area is 243 Å². The van der Waals surface area contributed by atoms with E-state index in [1.807, 2.05) is 53.6 Å². The van der Waals surface area contributed by atoms with E-state index in [2.05, 4.69) is 21.7 Å². The van der Waals surface area contributed by atoms with E-state index in [4.69, 9.17) is 28.6 Å². The van der Waals surface area contributed by atoms with Crippen LogP contribution in [0.2, 0.25) is 5.02 Å². The summed E-state index contributed by atoms with van der Waals surface area (Å²) in [6.07, 6.45) is 1.97. The van der Waals surface area contributed by atoms with Crippen molar-refractivity contribution in [2.24, 2.45) is 0 Å². The standard InChI is InChI=1S/C30H30ClN5O3S/c1-18-16-21(19(2)36(18)24-17-20(31)11-12-25(24)37)29-28(23-9-6-7-14-32-23)34-30(40)35(29)15-13-27(38)33-22-8-4-5-10-26(22)39-3/h4-12,14,16-17,28-29,37H,13,15H2,1-3H3,(H,33,38)(H,34,40)/t28-,29-/m1/s1. The van der Waals surface area contributed by atoms with Gasteiger partial charge in [0.15, 0.2) is 5.11 Å². The topological polar surface area (TPSA) is 91.7 Å². The molecule has 206 valence electrons. The van der Waals surface area contributed by atoms with Crippen molar-refractivity contribution in [1.29, 1.82) is 0 Å². The molecule has 10 heteroatoms. The molecule has 2 aromatic heterocycles. The molecule has 5 rings (SSSR count). The van der Waals surface area contributed by atoms with Crippen LogP contribution in [0.3, 0.4) is 0 Å². The lowest BCUT2D eigenvalue weighted by Crippen LogP contribution is -2.33. The fourth-order valence-electron chi connectivity index (χ4n) is 5.30. The van der Waals surface area contributed by atoms with Crippen LogP contribution in [0.5, 0.6) is 11.5 Å². The molecule has 40 heavy (non-hydrogen) atoms. The smallest absolute Gasteiger partial charge is 0.226 e. The number of nitrogens with one attached hydrogen (secondary N) is 2. The number of aryl methyl sites for hydroxylation is 1. The Balaban J connectivity index is 1.49. The van der Waals surface area contributed by atoms with Gasteiger partial charge in [0.1, 0.15) is 11.5 Å². The highest BCUT2D eigenvalue weighted by Crippen LogP contribution is 2.42. The minimum atomic E-state index is -0.247. The maximum Gasteiger partial charge on any atom is 0.226 e. The van der Waals surface area contributed by atoms with Gasteiger partial charge in [-0.15, -0.1) is 0 Å². The fraction of sp³-hybridized carbons (Fsp3) is 0.233. The van der Waals surface area contributed by atoms with Crippen molar-refractivity contribution in [3.63, 3.8) is 0 Å². The van der Waals surface area contributed by atoms with Crippen molar-refractivity contribution < 1.29 is 14.6 Å². The highest BCUT2D eigenvalue weighted by atomic mass is 35.5. The first kappa shape index (κ1) is 27.5. The van der Waals surface area contributed by atoms with E-state index < -0.39 is 0 Å². The van der Waals surface area contributed by atoms with E-state index in [1.54, 1.807) is 43.6 Å². The normalized spacial score (nSPS) is 16.6. The number of halogens is 1. The Morgan fingerprint density at radius 2 is 1.93 bits per heavy atom. The first-order chi connectivity index (χ1) is 19.3. The van der Waals surface area contributed by atoms with Gasteiger partial charge in [-0.25, -0.2) is 0 Å². The second-order valence-electron chi connectivity index (χ2n) is 9.61. The van der Waals surface area contributed by atoms with Crippen molar-refractivity contribution in [2.45, 2.75) is 32.4 Å². The molecule has 0 spiro atoms. The van der Waals surface area contributed by atoms with Crippen LogP contribution >= 0.6 is 23.8 Å². The minimum absolute atomic E-state index is 0.129. The van der Waals surface area contributed by atoms with E-state index >= 15 is 0 Å². The summed E-state index contributed by atoms with van der Waals surface area (Å²) in [6.45, 7) is 4.37. The second kappa shape index (κ2) is 11.6. The molecule has 1 amide bonds. The van der Waals surface area contributed by atoms with Crippen LogP contribution in [0, 0.1) is 13.8 Å². The van der Waals surface area contributed by atoms with E-state index in [0.717, 1.165) is 22.6 Å². The quantitative estimate of drug-likeness (QED) is 0.227. The van der Waals surface area contributed by atoms with Crippen molar-refractivity contribution in [3.8, 4) is 17.2 Å². The molecule has 0 radical (unpaired) electrons. The number of nitrogens with zero attached hydrogens (tertiary/aromatic N) is 3. The van der Waals surface area contributed by atoms with Crippen LogP contribution in [0.1, 0.15) is 41.1 Å². The number of carbonyl (C=O) groups is 1. The molecule has 4 aromatic rings. The second-order valence-corrected chi connectivity index (χ2v) is 10.4. The number of aromatic nitrogens is 2. The predicted molar refractivity (Wildman–Crippen MR) is 160 cm³/mol. The molecule has 0 aliphatic carbocycles. The number of hydrogen-bond donors (Lipinski definition) is 3. The number of phenolic OH excluding ortho intramolecular Hbond substituents is 1. The third-order valence-electron chi connectivity index (χ3n) is 7.13. The van der Waals surface area contributed by atoms with Gasteiger partial charge < -0.3 is 29.9 Å². The Morgan fingerprint density at radius 1 is 1.15 bits per heavy atom. The summed E-state index contributed by atoms with van der Waals surface area (Å²) in [4.78, 5) is 19.7. The van der Waals surface area contributed by atoms with Crippen LogP contribution in [0.4, 0.5) is 5.69 Å². The van der Waals surface area contributed by atoms with Crippen LogP contribution in [-0.2, 0) is 4.79 Å². The number of hydrogen-bond acceptors (Lipinski definition) is 5. The van der Waals surface area contributed by atoms with Gasteiger partial charge in [-0.3, -0.25) is 9.78 Å². The number of methoxy groups -OCH3 is 1. The van der Waals surface area contributed by atoms with E-state index in [-0.39, 0.29) is 30.2 Å². The van der Waals surface area contributed by atoms with Gasteiger partial charge in [0.25, 0.3) is 0 Å². The van der Waals surface area contributed by atoms with E-state index in [9.17, 15) is 9.90 Å². The molecule has 1 aliphatic heterocycles. The Morgan fingerprint density at radius 3 is 2.67 bits per heavy atom. The largest absolute Gasteiger partial charge is 0.506 e. The third-order valence-corrected chi connectivity index (χ3v) is 7.71. The molecule has 0 saturated carbocycles. The van der Waals surface area contributed by atoms with Gasteiger partial charge in [0, 0.05) is 35.6 Å². The third kappa shape index (κ3) is 5.35. The molecule has 1 aliphatic rings. The molecule has 0 bridgehead atoms. The number of para-hydroxylation sites is 2. The number of phenols is 1. The van der Waals surface area contributed by atoms with E-state index in [1.165, 1.54) is 0 Å². The molecule has 3 heterocycles. The number of ether oxygens (including phenoxy) is 1. The lowest BCUT2D eigenvalue weighted by Gasteiger charge is -2.28. The zero-order valence-corrected chi connectivity index (χ0v) is 24.0. The zero-order valence-electron chi connectivity index (χ0n) is 22.4. The van der Waals surface area contributed by atoms with Gasteiger partial charge in [0.2, 0.25) is 5.91 Å². The van der Waals surface area contributed by atoms with Crippen LogP contribution < -0.4 is 15.4 Å². The number of rotatable bonds is 8. The van der Waals surface area contributed by atoms with Crippen molar-refractivity contribution in [3.05, 3.63) is 101 Å². The summed E-state index contributed by atoms with van der Waals surface area (Å²) in [6, 6.07) is 19.7. The summed E-state index contributed by atoms with van der Waals surface area (Å²) >= 11 is 12.1. The number of pyridine rings is 1. The number of benzene rings is 2. The summed E-state index contributed by atoms with van der Waals surface area (Å²) < 4.78 is 7.35. The van der Waals surface area contributed by atoms with Gasteiger partial charge in [-0.1, -0.05) is 29.8 Å². The SMILES string of the molecule is COc1ccccc1NC(=O)CCN1C(=S)N[C@H](c2ccccn2)[C@H]1c1cc(C)n(-c2cc(Cl)ccc2O)c1C. The summed E-state index contributed by atoms with van der Waals surface area (Å²) in [5.41, 5.74) is 4.91. The summed E-state index contributed by atoms with van der Waals surface area (Å²) in [7, 11) is 1.57. The first-order valence-electron chi connectivity index (χ1n) is 12.9. The van der Waals surface area contributed by atoms with Gasteiger partial charge in [-0.05, 0) is 80.2 Å². The number of amides is 1. The van der Waals surface area contributed by atoms with Crippen molar-refractivity contribution in [1.82, 2.24) is 19.8 Å². The van der Waals surface area contributed by atoms with Crippen LogP contribution in [-0.4, -0.2) is 44.2 Å². The van der Waals surface area contributed by atoms with Crippen molar-refractivity contribution >= 4 is 40.5 Å². The molecule has 1 saturated heterocycles. The van der Waals surface area contributed by atoms with Crippen LogP contribution in [0.25, 0.3) is 5.69 Å². The minimum Gasteiger partial charge on any atom is -0.506 e. The molecular formula is C30H30ClN5O3S. The average Bonchev–Trinajstić information content (AvgIpc) is 3.43. The molecular weight excluding hydrogens is 546 g/mol. The average molecular weight is 576 g/mol. The number of anilines is 1. The summed E-state index contributed by atoms with van der Waals surface area (Å²) in [5.74, 6) is 0.574. The fourth-order valence-corrected chi connectivity index (χ4v) is 5.80. The number of aromatic hydroxyl groups is 1. The maximum absolute atomic E-state index is 13.0. The number of thiocarbonyl (C=S) groups is 1. The van der Waals surface area contributed by atoms with Gasteiger partial charge in [0.05, 0.1) is 36.3 Å².